The molecule has 6 rings (SSSR count). The van der Waals surface area contributed by atoms with Crippen molar-refractivity contribution in [1.29, 1.82) is 0 Å². The summed E-state index contributed by atoms with van der Waals surface area (Å²) in [5, 5.41) is 11.7. The number of hydrogen-bond donors (Lipinski definition) is 1. The molecule has 0 aromatic heterocycles. The van der Waals surface area contributed by atoms with Crippen molar-refractivity contribution in [3.63, 3.8) is 0 Å². The first-order chi connectivity index (χ1) is 21.6. The third-order valence-electron chi connectivity index (χ3n) is 14.7. The number of aliphatic hydroxyl groups is 1. The lowest BCUT2D eigenvalue weighted by atomic mass is 9.36. The van der Waals surface area contributed by atoms with Gasteiger partial charge in [0.15, 0.2) is 0 Å². The molecule has 9 atom stereocenters. The first-order valence-electron chi connectivity index (χ1n) is 17.4. The maximum Gasteiger partial charge on any atom is 0.262 e. The van der Waals surface area contributed by atoms with Crippen LogP contribution in [0.15, 0.2) is 23.8 Å². The zero-order valence-corrected chi connectivity index (χ0v) is 30.6. The number of hydrogen-bond acceptors (Lipinski definition) is 9. The quantitative estimate of drug-likeness (QED) is 0.182. The molecule has 0 saturated heterocycles. The average molecular weight is 693 g/mol. The van der Waals surface area contributed by atoms with Gasteiger partial charge in [-0.15, -0.1) is 0 Å². The summed E-state index contributed by atoms with van der Waals surface area (Å²) in [6.07, 6.45) is 11.8. The van der Waals surface area contributed by atoms with E-state index in [0.29, 0.717) is 41.7 Å². The molecule has 3 saturated carbocycles. The predicted octanol–water partition coefficient (Wildman–Crippen LogP) is 6.95. The van der Waals surface area contributed by atoms with Crippen molar-refractivity contribution in [2.75, 3.05) is 0 Å². The molecule has 0 unspecified atom stereocenters. The van der Waals surface area contributed by atoms with Gasteiger partial charge in [-0.1, -0.05) is 53.2 Å². The van der Waals surface area contributed by atoms with Crippen LogP contribution in [0.4, 0.5) is 0 Å². The van der Waals surface area contributed by atoms with Crippen LogP contribution >= 0.6 is 0 Å². The molecule has 0 bridgehead atoms. The van der Waals surface area contributed by atoms with Crippen LogP contribution in [0, 0.1) is 45.3 Å². The van der Waals surface area contributed by atoms with E-state index in [-0.39, 0.29) is 45.2 Å². The van der Waals surface area contributed by atoms with E-state index >= 15 is 0 Å². The minimum atomic E-state index is -5.12. The van der Waals surface area contributed by atoms with Gasteiger partial charge in [0.1, 0.15) is 11.5 Å². The van der Waals surface area contributed by atoms with Crippen LogP contribution in [0.1, 0.15) is 124 Å². The van der Waals surface area contributed by atoms with Crippen molar-refractivity contribution in [2.45, 2.75) is 131 Å². The third kappa shape index (κ3) is 5.68. The standard InChI is InChI=1S/C36H54O9S2/c1-22-9-8-16-32(2,3)24(22)12-17-35(6)28-13-18-34(5)27(33(28,4)20-15-30(35)37)14-19-36(7)29(34)21-23-25(44-46(38,39)40)10-11-26(31(23)36)45-47(41,42)43/h9-11,24,27-30,37H,8,12-21H2,1-7H3,(H,38,39,40)(H,41,42,43)/p-2/t24-,27-,28-,29+,30+,33-,34-,35+,36+/m1/s1. The average Bonchev–Trinajstić information content (AvgIpc) is 3.25. The van der Waals surface area contributed by atoms with Crippen LogP contribution in [0.2, 0.25) is 0 Å². The summed E-state index contributed by atoms with van der Waals surface area (Å²) in [6, 6.07) is 2.44. The highest BCUT2D eigenvalue weighted by atomic mass is 32.3. The van der Waals surface area contributed by atoms with E-state index in [2.05, 4.69) is 54.5 Å². The van der Waals surface area contributed by atoms with Crippen LogP contribution in [-0.2, 0) is 32.6 Å². The normalized spacial score (nSPS) is 41.1. The summed E-state index contributed by atoms with van der Waals surface area (Å²) in [5.74, 6) is 0.839. The van der Waals surface area contributed by atoms with Crippen molar-refractivity contribution >= 4 is 20.8 Å². The molecule has 47 heavy (non-hydrogen) atoms. The van der Waals surface area contributed by atoms with Gasteiger partial charge in [-0.05, 0) is 135 Å². The zero-order chi connectivity index (χ0) is 34.6. The van der Waals surface area contributed by atoms with Crippen molar-refractivity contribution in [1.82, 2.24) is 0 Å². The molecular weight excluding hydrogens is 641 g/mol. The van der Waals surface area contributed by atoms with Crippen molar-refractivity contribution < 1.29 is 39.4 Å². The fourth-order valence-corrected chi connectivity index (χ4v) is 13.3. The molecule has 11 heteroatoms. The Morgan fingerprint density at radius 3 is 2.02 bits per heavy atom. The molecule has 0 heterocycles. The Morgan fingerprint density at radius 2 is 1.38 bits per heavy atom. The molecule has 3 fully saturated rings. The van der Waals surface area contributed by atoms with Crippen LogP contribution in [0.3, 0.4) is 0 Å². The number of fused-ring (bicyclic) bond motifs is 7. The lowest BCUT2D eigenvalue weighted by Crippen LogP contribution is -2.63. The van der Waals surface area contributed by atoms with Gasteiger partial charge in [0.05, 0.1) is 6.10 Å². The largest absolute Gasteiger partial charge is 0.716 e. The lowest BCUT2D eigenvalue weighted by molar-refractivity contribution is -0.208. The first kappa shape index (κ1) is 35.2. The molecule has 1 aromatic carbocycles. The van der Waals surface area contributed by atoms with E-state index in [1.54, 1.807) is 0 Å². The van der Waals surface area contributed by atoms with Gasteiger partial charge in [-0.25, -0.2) is 16.8 Å². The van der Waals surface area contributed by atoms with Crippen molar-refractivity contribution in [2.24, 2.45) is 45.3 Å². The molecule has 5 aliphatic rings. The molecule has 0 radical (unpaired) electrons. The molecule has 1 N–H and O–H groups in total. The third-order valence-corrected chi connectivity index (χ3v) is 15.5. The van der Waals surface area contributed by atoms with Gasteiger partial charge >= 0.3 is 0 Å². The summed E-state index contributed by atoms with van der Waals surface area (Å²) in [7, 11) is -10.2. The number of allylic oxidation sites excluding steroid dienone is 2. The van der Waals surface area contributed by atoms with Gasteiger partial charge in [-0.2, -0.15) is 0 Å². The summed E-state index contributed by atoms with van der Waals surface area (Å²) in [5.41, 5.74) is 1.47. The summed E-state index contributed by atoms with van der Waals surface area (Å²) < 4.78 is 80.4. The molecule has 264 valence electrons. The molecule has 0 amide bonds. The fraction of sp³-hybridized carbons (Fsp3) is 0.778. The topological polar surface area (TPSA) is 153 Å². The van der Waals surface area contributed by atoms with Gasteiger partial charge in [0.25, 0.3) is 20.8 Å². The van der Waals surface area contributed by atoms with E-state index < -0.39 is 26.2 Å². The van der Waals surface area contributed by atoms with E-state index in [1.807, 2.05) is 0 Å². The van der Waals surface area contributed by atoms with E-state index in [4.69, 9.17) is 8.37 Å². The van der Waals surface area contributed by atoms with Crippen LogP contribution in [0.25, 0.3) is 0 Å². The van der Waals surface area contributed by atoms with Crippen molar-refractivity contribution in [3.05, 3.63) is 34.9 Å². The fourth-order valence-electron chi connectivity index (χ4n) is 12.6. The van der Waals surface area contributed by atoms with Crippen LogP contribution in [0.5, 0.6) is 11.5 Å². The zero-order valence-electron chi connectivity index (χ0n) is 28.9. The maximum absolute atomic E-state index is 11.8. The van der Waals surface area contributed by atoms with Gasteiger partial charge in [0, 0.05) is 16.5 Å². The maximum atomic E-state index is 11.8. The summed E-state index contributed by atoms with van der Waals surface area (Å²) in [4.78, 5) is 0. The number of rotatable bonds is 7. The Bertz CT molecular complexity index is 1680. The van der Waals surface area contributed by atoms with Crippen molar-refractivity contribution in [3.8, 4) is 11.5 Å². The molecule has 1 aromatic rings. The minimum Gasteiger partial charge on any atom is -0.716 e. The highest BCUT2D eigenvalue weighted by Gasteiger charge is 2.68. The van der Waals surface area contributed by atoms with Crippen LogP contribution < -0.4 is 8.37 Å². The number of aliphatic hydroxyl groups excluding tert-OH is 1. The second kappa shape index (κ2) is 11.2. The summed E-state index contributed by atoms with van der Waals surface area (Å²) >= 11 is 0. The highest BCUT2D eigenvalue weighted by molar-refractivity contribution is 7.81. The monoisotopic (exact) mass is 692 g/mol. The van der Waals surface area contributed by atoms with E-state index in [0.717, 1.165) is 51.4 Å². The minimum absolute atomic E-state index is 0.0359. The molecule has 0 spiro atoms. The molecule has 9 nitrogen and oxygen atoms in total. The Kier molecular flexibility index (Phi) is 8.36. The first-order valence-corrected chi connectivity index (χ1v) is 20.0. The smallest absolute Gasteiger partial charge is 0.262 e. The van der Waals surface area contributed by atoms with Gasteiger partial charge in [-0.3, -0.25) is 0 Å². The number of benzene rings is 1. The van der Waals surface area contributed by atoms with Crippen LogP contribution in [-0.4, -0.2) is 37.2 Å². The Labute approximate surface area is 281 Å². The molecular formula is C36H52O9S2-2. The Hall–Kier alpha value is -1.66. The van der Waals surface area contributed by atoms with E-state index in [1.165, 1.54) is 24.1 Å². The van der Waals surface area contributed by atoms with Gasteiger partial charge < -0.3 is 22.6 Å². The Morgan fingerprint density at radius 1 is 0.809 bits per heavy atom. The molecule has 0 aliphatic heterocycles. The predicted molar refractivity (Wildman–Crippen MR) is 176 cm³/mol. The lowest BCUT2D eigenvalue weighted by Gasteiger charge is -2.68. The van der Waals surface area contributed by atoms with E-state index in [9.17, 15) is 31.0 Å². The SMILES string of the molecule is CC1=CCCC(C)(C)[C@@H]1CC[C@@]1(C)[C@@H]2CC[C@]3(C)[C@H](CC[C@]4(C)c5c(OS(=O)(=O)[O-])ccc(OS(=O)(=O)[O-])c5C[C@@H]34)[C@@]2(C)CC[C@@H]1O. The Balaban J connectivity index is 1.36. The summed E-state index contributed by atoms with van der Waals surface area (Å²) in [6.45, 7) is 16.2. The molecule has 5 aliphatic carbocycles. The highest BCUT2D eigenvalue weighted by Crippen LogP contribution is 2.74. The second-order valence-electron chi connectivity index (χ2n) is 17.4. The second-order valence-corrected chi connectivity index (χ2v) is 19.4. The van der Waals surface area contributed by atoms with Gasteiger partial charge in [0.2, 0.25) is 0 Å².